The van der Waals surface area contributed by atoms with Gasteiger partial charge in [0, 0.05) is 32.0 Å². The Kier molecular flexibility index (Phi) is 5.76. The molecule has 1 saturated carbocycles. The second kappa shape index (κ2) is 7.83. The van der Waals surface area contributed by atoms with E-state index in [4.69, 9.17) is 11.6 Å². The maximum atomic E-state index is 12.4. The summed E-state index contributed by atoms with van der Waals surface area (Å²) in [4.78, 5) is 30.9. The van der Waals surface area contributed by atoms with Crippen LogP contribution in [0.3, 0.4) is 0 Å². The number of aryl methyl sites for hydroxylation is 1. The molecule has 1 aliphatic carbocycles. The van der Waals surface area contributed by atoms with Crippen LogP contribution in [0.2, 0.25) is 4.34 Å². The Hall–Kier alpha value is -1.14. The number of carbonyl (C=O) groups is 2. The van der Waals surface area contributed by atoms with Crippen molar-refractivity contribution in [2.45, 2.75) is 57.9 Å². The number of nitrogens with zero attached hydrogens (tertiary/aromatic N) is 2. The van der Waals surface area contributed by atoms with Gasteiger partial charge in [0.15, 0.2) is 0 Å². The van der Waals surface area contributed by atoms with E-state index in [0.717, 1.165) is 23.5 Å². The molecule has 3 rings (SSSR count). The van der Waals surface area contributed by atoms with E-state index in [1.165, 1.54) is 24.2 Å². The molecule has 1 aromatic rings. The van der Waals surface area contributed by atoms with Crippen molar-refractivity contribution in [3.63, 3.8) is 0 Å². The predicted molar refractivity (Wildman–Crippen MR) is 95.3 cm³/mol. The summed E-state index contributed by atoms with van der Waals surface area (Å²) in [5.41, 5.74) is 0.848. The van der Waals surface area contributed by atoms with Crippen molar-refractivity contribution in [1.82, 2.24) is 15.2 Å². The smallest absolute Gasteiger partial charge is 0.224 e. The van der Waals surface area contributed by atoms with Crippen LogP contribution in [-0.2, 0) is 16.0 Å². The number of amides is 2. The molecule has 5 nitrogen and oxygen atoms in total. The van der Waals surface area contributed by atoms with Gasteiger partial charge in [0.05, 0.1) is 16.6 Å². The molecule has 2 fully saturated rings. The first-order valence-corrected chi connectivity index (χ1v) is 9.93. The van der Waals surface area contributed by atoms with Crippen molar-refractivity contribution < 1.29 is 9.59 Å². The van der Waals surface area contributed by atoms with Gasteiger partial charge in [-0.2, -0.15) is 0 Å². The Morgan fingerprint density at radius 2 is 2.12 bits per heavy atom. The highest BCUT2D eigenvalue weighted by Crippen LogP contribution is 2.29. The van der Waals surface area contributed by atoms with Crippen LogP contribution >= 0.6 is 22.9 Å². The summed E-state index contributed by atoms with van der Waals surface area (Å²) in [5, 5.41) is 3.95. The van der Waals surface area contributed by atoms with Gasteiger partial charge in [0.2, 0.25) is 11.8 Å². The number of carbonyl (C=O) groups excluding carboxylic acids is 2. The number of halogens is 1. The van der Waals surface area contributed by atoms with Crippen LogP contribution in [0.15, 0.2) is 0 Å². The molecule has 24 heavy (non-hydrogen) atoms. The zero-order valence-electron chi connectivity index (χ0n) is 14.0. The Balaban J connectivity index is 1.48. The summed E-state index contributed by atoms with van der Waals surface area (Å²) in [6.45, 7) is 3.03. The molecule has 0 radical (unpaired) electrons. The van der Waals surface area contributed by atoms with Crippen LogP contribution in [-0.4, -0.2) is 40.8 Å². The fraction of sp³-hybridized carbons (Fsp3) is 0.706. The lowest BCUT2D eigenvalue weighted by Gasteiger charge is -2.36. The van der Waals surface area contributed by atoms with Crippen LogP contribution < -0.4 is 5.32 Å². The van der Waals surface area contributed by atoms with Gasteiger partial charge in [0.25, 0.3) is 0 Å². The predicted octanol–water partition coefficient (Wildman–Crippen LogP) is 2.94. The van der Waals surface area contributed by atoms with Crippen molar-refractivity contribution in [3.05, 3.63) is 15.0 Å². The van der Waals surface area contributed by atoms with Gasteiger partial charge in [-0.3, -0.25) is 9.59 Å². The molecule has 1 aromatic heterocycles. The highest BCUT2D eigenvalue weighted by Gasteiger charge is 2.34. The fourth-order valence-electron chi connectivity index (χ4n) is 3.63. The number of rotatable bonds is 5. The third kappa shape index (κ3) is 4.09. The third-order valence-corrected chi connectivity index (χ3v) is 6.51. The normalized spacial score (nSPS) is 22.2. The largest absolute Gasteiger partial charge is 0.355 e. The van der Waals surface area contributed by atoms with Gasteiger partial charge in [-0.25, -0.2) is 4.98 Å². The number of nitrogens with one attached hydrogen (secondary N) is 1. The second-order valence-electron chi connectivity index (χ2n) is 6.73. The quantitative estimate of drug-likeness (QED) is 0.867. The lowest BCUT2D eigenvalue weighted by Crippen LogP contribution is -2.49. The zero-order valence-corrected chi connectivity index (χ0v) is 15.6. The van der Waals surface area contributed by atoms with E-state index < -0.39 is 0 Å². The van der Waals surface area contributed by atoms with Gasteiger partial charge in [-0.15, -0.1) is 11.3 Å². The third-order valence-electron chi connectivity index (χ3n) is 5.00. The molecule has 2 aliphatic rings. The maximum Gasteiger partial charge on any atom is 0.224 e. The summed E-state index contributed by atoms with van der Waals surface area (Å²) in [6, 6.07) is 0.355. The minimum absolute atomic E-state index is 0.0601. The molecule has 0 spiro atoms. The molecule has 2 heterocycles. The van der Waals surface area contributed by atoms with E-state index in [1.54, 1.807) is 0 Å². The molecular weight excluding hydrogens is 346 g/mol. The van der Waals surface area contributed by atoms with Gasteiger partial charge in [-0.05, 0) is 26.2 Å². The number of hydrogen-bond acceptors (Lipinski definition) is 4. The van der Waals surface area contributed by atoms with Gasteiger partial charge < -0.3 is 10.2 Å². The Morgan fingerprint density at radius 1 is 1.38 bits per heavy atom. The highest BCUT2D eigenvalue weighted by atomic mass is 35.5. The molecule has 0 unspecified atom stereocenters. The summed E-state index contributed by atoms with van der Waals surface area (Å²) < 4.78 is 0.717. The lowest BCUT2D eigenvalue weighted by atomic mass is 9.95. The topological polar surface area (TPSA) is 62.3 Å². The summed E-state index contributed by atoms with van der Waals surface area (Å²) in [7, 11) is 0. The van der Waals surface area contributed by atoms with Crippen LogP contribution in [0.1, 0.15) is 49.2 Å². The van der Waals surface area contributed by atoms with E-state index in [0.29, 0.717) is 42.7 Å². The molecule has 1 N–H and O–H groups in total. The first kappa shape index (κ1) is 17.7. The number of likely N-dealkylation sites (tertiary alicyclic amines) is 1. The van der Waals surface area contributed by atoms with Gasteiger partial charge in [0.1, 0.15) is 4.34 Å². The first-order valence-electron chi connectivity index (χ1n) is 8.73. The molecule has 2 amide bonds. The van der Waals surface area contributed by atoms with Crippen molar-refractivity contribution in [1.29, 1.82) is 0 Å². The fourth-order valence-corrected chi connectivity index (χ4v) is 4.73. The molecule has 1 saturated heterocycles. The average molecular weight is 370 g/mol. The average Bonchev–Trinajstić information content (AvgIpc) is 3.18. The molecule has 1 aliphatic heterocycles. The van der Waals surface area contributed by atoms with Crippen molar-refractivity contribution in [2.24, 2.45) is 5.92 Å². The van der Waals surface area contributed by atoms with Gasteiger partial charge in [-0.1, -0.05) is 24.4 Å². The maximum absolute atomic E-state index is 12.4. The van der Waals surface area contributed by atoms with Crippen LogP contribution in [0.4, 0.5) is 0 Å². The Bertz CT molecular complexity index is 593. The standard InChI is InChI=1S/C17H24ClN3O2S/c1-11-16(18)24-14(20-11)8-9-19-17(23)12-6-7-15(22)21(10-12)13-4-2-3-5-13/h12-13H,2-10H2,1H3,(H,19,23)/t12-/m1/s1. The van der Waals surface area contributed by atoms with Gasteiger partial charge >= 0.3 is 0 Å². The lowest BCUT2D eigenvalue weighted by molar-refractivity contribution is -0.140. The number of aromatic nitrogens is 1. The molecule has 132 valence electrons. The molecule has 0 aromatic carbocycles. The highest BCUT2D eigenvalue weighted by molar-refractivity contribution is 7.16. The van der Waals surface area contributed by atoms with E-state index >= 15 is 0 Å². The van der Waals surface area contributed by atoms with Crippen LogP contribution in [0.5, 0.6) is 0 Å². The summed E-state index contributed by atoms with van der Waals surface area (Å²) in [5.74, 6) is 0.202. The summed E-state index contributed by atoms with van der Waals surface area (Å²) in [6.07, 6.45) is 6.42. The summed E-state index contributed by atoms with van der Waals surface area (Å²) >= 11 is 7.48. The molecule has 0 bridgehead atoms. The molecule has 7 heteroatoms. The SMILES string of the molecule is Cc1nc(CCNC(=O)[C@@H]2CCC(=O)N(C3CCCC3)C2)sc1Cl. The van der Waals surface area contributed by atoms with E-state index in [2.05, 4.69) is 10.3 Å². The number of thiazole rings is 1. The van der Waals surface area contributed by atoms with Crippen molar-refractivity contribution in [2.75, 3.05) is 13.1 Å². The number of piperidine rings is 1. The van der Waals surface area contributed by atoms with Crippen LogP contribution in [0, 0.1) is 12.8 Å². The zero-order chi connectivity index (χ0) is 17.1. The minimum Gasteiger partial charge on any atom is -0.355 e. The monoisotopic (exact) mass is 369 g/mol. The second-order valence-corrected chi connectivity index (χ2v) is 8.41. The molecular formula is C17H24ClN3O2S. The minimum atomic E-state index is -0.0788. The van der Waals surface area contributed by atoms with E-state index in [1.807, 2.05) is 11.8 Å². The Morgan fingerprint density at radius 3 is 2.79 bits per heavy atom. The first-order chi connectivity index (χ1) is 11.5. The molecule has 1 atom stereocenters. The number of hydrogen-bond donors (Lipinski definition) is 1. The Labute approximate surface area is 151 Å². The van der Waals surface area contributed by atoms with E-state index in [-0.39, 0.29) is 17.7 Å². The van der Waals surface area contributed by atoms with Crippen LogP contribution in [0.25, 0.3) is 0 Å². The van der Waals surface area contributed by atoms with Crippen molar-refractivity contribution >= 4 is 34.8 Å². The van der Waals surface area contributed by atoms with E-state index in [9.17, 15) is 9.59 Å². The van der Waals surface area contributed by atoms with Crippen molar-refractivity contribution in [3.8, 4) is 0 Å².